The average molecular weight is 310 g/mol. The normalized spacial score (nSPS) is 17.6. The van der Waals surface area contributed by atoms with Crippen LogP contribution < -0.4 is 10.2 Å². The topological polar surface area (TPSA) is 71.3 Å². The maximum Gasteiger partial charge on any atom is 0.276 e. The number of rotatable bonds is 5. The summed E-state index contributed by atoms with van der Waals surface area (Å²) in [6, 6.07) is 3.08. The molecule has 2 rings (SSSR count). The minimum Gasteiger partial charge on any atom is -0.370 e. The van der Waals surface area contributed by atoms with Gasteiger partial charge in [-0.25, -0.2) is 4.98 Å². The van der Waals surface area contributed by atoms with E-state index in [9.17, 15) is 10.1 Å². The molecule has 6 nitrogen and oxygen atoms in total. The molecule has 2 heterocycles. The molecule has 1 fully saturated rings. The van der Waals surface area contributed by atoms with Crippen LogP contribution in [-0.4, -0.2) is 40.0 Å². The first-order valence-corrected chi connectivity index (χ1v) is 8.19. The van der Waals surface area contributed by atoms with Gasteiger partial charge in [0.15, 0.2) is 0 Å². The van der Waals surface area contributed by atoms with E-state index in [1.54, 1.807) is 6.07 Å². The number of thioether (sulfide) groups is 1. The third-order valence-corrected chi connectivity index (χ3v) is 4.61. The number of nitrogens with zero attached hydrogens (tertiary/aromatic N) is 3. The number of hydrogen-bond acceptors (Lipinski definition) is 6. The molecule has 0 atom stereocenters. The van der Waals surface area contributed by atoms with Crippen LogP contribution in [-0.2, 0) is 0 Å². The summed E-state index contributed by atoms with van der Waals surface area (Å²) in [6.07, 6.45) is 0.951. The van der Waals surface area contributed by atoms with E-state index in [0.29, 0.717) is 11.6 Å². The van der Waals surface area contributed by atoms with Crippen molar-refractivity contribution in [3.8, 4) is 0 Å². The second-order valence-corrected chi connectivity index (χ2v) is 7.58. The number of hydrogen-bond donors (Lipinski definition) is 1. The highest BCUT2D eigenvalue weighted by Crippen LogP contribution is 2.33. The van der Waals surface area contributed by atoms with Gasteiger partial charge in [-0.15, -0.1) is 0 Å². The fourth-order valence-electron chi connectivity index (χ4n) is 2.33. The van der Waals surface area contributed by atoms with Crippen molar-refractivity contribution in [3.63, 3.8) is 0 Å². The van der Waals surface area contributed by atoms with Gasteiger partial charge in [0.25, 0.3) is 5.69 Å². The highest BCUT2D eigenvalue weighted by atomic mass is 32.2. The quantitative estimate of drug-likeness (QED) is 0.665. The van der Waals surface area contributed by atoms with Crippen molar-refractivity contribution in [2.45, 2.75) is 31.9 Å². The van der Waals surface area contributed by atoms with E-state index in [1.807, 2.05) is 11.8 Å². The Balaban J connectivity index is 2.28. The predicted molar refractivity (Wildman–Crippen MR) is 88.4 cm³/mol. The van der Waals surface area contributed by atoms with Gasteiger partial charge in [0.1, 0.15) is 11.6 Å². The molecule has 0 aliphatic carbocycles. The minimum absolute atomic E-state index is 0.0923. The Bertz CT molecular complexity index is 522. The van der Waals surface area contributed by atoms with Crippen LogP contribution in [0.15, 0.2) is 12.1 Å². The summed E-state index contributed by atoms with van der Waals surface area (Å²) in [5, 5.41) is 14.3. The number of anilines is 2. The van der Waals surface area contributed by atoms with Crippen LogP contribution in [0.1, 0.15) is 27.2 Å². The Hall–Kier alpha value is -1.50. The van der Waals surface area contributed by atoms with Gasteiger partial charge in [-0.3, -0.25) is 10.1 Å². The zero-order valence-corrected chi connectivity index (χ0v) is 13.6. The van der Waals surface area contributed by atoms with Crippen LogP contribution in [0.4, 0.5) is 17.3 Å². The van der Waals surface area contributed by atoms with Crippen molar-refractivity contribution in [1.82, 2.24) is 4.98 Å². The van der Waals surface area contributed by atoms with E-state index in [-0.39, 0.29) is 15.4 Å². The van der Waals surface area contributed by atoms with E-state index < -0.39 is 0 Å². The molecule has 1 aromatic heterocycles. The largest absolute Gasteiger partial charge is 0.370 e. The molecule has 1 saturated heterocycles. The van der Waals surface area contributed by atoms with E-state index >= 15 is 0 Å². The maximum absolute atomic E-state index is 11.1. The summed E-state index contributed by atoms with van der Waals surface area (Å²) in [4.78, 5) is 17.4. The summed E-state index contributed by atoms with van der Waals surface area (Å²) in [7, 11) is 0. The van der Waals surface area contributed by atoms with Crippen LogP contribution in [0.2, 0.25) is 0 Å². The Morgan fingerprint density at radius 1 is 1.52 bits per heavy atom. The molecule has 0 radical (unpaired) electrons. The molecule has 7 heteroatoms. The van der Waals surface area contributed by atoms with Gasteiger partial charge in [0.05, 0.1) is 17.1 Å². The first kappa shape index (κ1) is 15.9. The smallest absolute Gasteiger partial charge is 0.276 e. The van der Waals surface area contributed by atoms with Crippen molar-refractivity contribution in [2.75, 3.05) is 35.6 Å². The molecular weight excluding hydrogens is 288 g/mol. The van der Waals surface area contributed by atoms with Gasteiger partial charge in [0.2, 0.25) is 0 Å². The lowest BCUT2D eigenvalue weighted by atomic mass is 10.2. The fraction of sp³-hybridized carbons (Fsp3) is 0.643. The van der Waals surface area contributed by atoms with E-state index in [1.165, 1.54) is 6.07 Å². The molecule has 1 aromatic rings. The SMILES string of the molecule is CCCNc1cc([N+](=O)[O-])cc(N2CCSC(C)(C)C2)n1. The van der Waals surface area contributed by atoms with E-state index in [4.69, 9.17) is 0 Å². The monoisotopic (exact) mass is 310 g/mol. The molecule has 0 unspecified atom stereocenters. The molecule has 0 bridgehead atoms. The molecule has 1 aliphatic heterocycles. The lowest BCUT2D eigenvalue weighted by molar-refractivity contribution is -0.384. The summed E-state index contributed by atoms with van der Waals surface area (Å²) < 4.78 is 0.140. The third kappa shape index (κ3) is 4.23. The second-order valence-electron chi connectivity index (χ2n) is 5.78. The van der Waals surface area contributed by atoms with Crippen LogP contribution in [0.25, 0.3) is 0 Å². The van der Waals surface area contributed by atoms with E-state index in [0.717, 1.165) is 31.8 Å². The average Bonchev–Trinajstić information content (AvgIpc) is 2.43. The molecule has 0 saturated carbocycles. The standard InChI is InChI=1S/C14H22N4O2S/c1-4-5-15-12-8-11(18(19)20)9-13(16-12)17-6-7-21-14(2,3)10-17/h8-9H,4-7,10H2,1-3H3,(H,15,16). The highest BCUT2D eigenvalue weighted by molar-refractivity contribution is 8.00. The summed E-state index contributed by atoms with van der Waals surface area (Å²) in [5.74, 6) is 2.28. The molecule has 0 aromatic carbocycles. The molecule has 0 amide bonds. The van der Waals surface area contributed by atoms with Crippen molar-refractivity contribution in [3.05, 3.63) is 22.2 Å². The van der Waals surface area contributed by atoms with Crippen molar-refractivity contribution in [2.24, 2.45) is 0 Å². The zero-order chi connectivity index (χ0) is 15.5. The molecular formula is C14H22N4O2S. The molecule has 116 valence electrons. The number of nitro groups is 1. The van der Waals surface area contributed by atoms with Gasteiger partial charge in [-0.05, 0) is 20.3 Å². The lowest BCUT2D eigenvalue weighted by Gasteiger charge is -2.38. The maximum atomic E-state index is 11.1. The molecule has 21 heavy (non-hydrogen) atoms. The lowest BCUT2D eigenvalue weighted by Crippen LogP contribution is -2.43. The number of pyridine rings is 1. The third-order valence-electron chi connectivity index (χ3n) is 3.31. The zero-order valence-electron chi connectivity index (χ0n) is 12.8. The van der Waals surface area contributed by atoms with Gasteiger partial charge in [-0.1, -0.05) is 6.92 Å². The van der Waals surface area contributed by atoms with E-state index in [2.05, 4.69) is 36.0 Å². The fourth-order valence-corrected chi connectivity index (χ4v) is 3.44. The Kier molecular flexibility index (Phi) is 4.92. The van der Waals surface area contributed by atoms with Crippen LogP contribution in [0.3, 0.4) is 0 Å². The summed E-state index contributed by atoms with van der Waals surface area (Å²) in [6.45, 7) is 8.91. The van der Waals surface area contributed by atoms with Crippen molar-refractivity contribution < 1.29 is 4.92 Å². The van der Waals surface area contributed by atoms with Crippen molar-refractivity contribution >= 4 is 29.1 Å². The van der Waals surface area contributed by atoms with Gasteiger partial charge < -0.3 is 10.2 Å². The molecule has 1 aliphatic rings. The van der Waals surface area contributed by atoms with Gasteiger partial charge in [-0.2, -0.15) is 11.8 Å². The van der Waals surface area contributed by atoms with Crippen LogP contribution >= 0.6 is 11.8 Å². The second kappa shape index (κ2) is 6.51. The number of nitrogens with one attached hydrogen (secondary N) is 1. The predicted octanol–water partition coefficient (Wildman–Crippen LogP) is 3.14. The van der Waals surface area contributed by atoms with Gasteiger partial charge in [0, 0.05) is 30.1 Å². The summed E-state index contributed by atoms with van der Waals surface area (Å²) in [5.41, 5.74) is 0.0923. The Morgan fingerprint density at radius 3 is 2.90 bits per heavy atom. The Labute approximate surface area is 129 Å². The van der Waals surface area contributed by atoms with Crippen molar-refractivity contribution in [1.29, 1.82) is 0 Å². The van der Waals surface area contributed by atoms with Gasteiger partial charge >= 0.3 is 0 Å². The number of aromatic nitrogens is 1. The molecule has 0 spiro atoms. The van der Waals surface area contributed by atoms with Crippen LogP contribution in [0.5, 0.6) is 0 Å². The van der Waals surface area contributed by atoms with Crippen LogP contribution in [0, 0.1) is 10.1 Å². The Morgan fingerprint density at radius 2 is 2.29 bits per heavy atom. The summed E-state index contributed by atoms with van der Waals surface area (Å²) >= 11 is 1.93. The first-order valence-electron chi connectivity index (χ1n) is 7.20. The first-order chi connectivity index (χ1) is 9.91. The minimum atomic E-state index is -0.355. The molecule has 1 N–H and O–H groups in total. The highest BCUT2D eigenvalue weighted by Gasteiger charge is 2.28.